The quantitative estimate of drug-likeness (QED) is 0.789. The lowest BCUT2D eigenvalue weighted by atomic mass is 10.1. The van der Waals surface area contributed by atoms with E-state index < -0.39 is 5.97 Å². The Bertz CT molecular complexity index is 673. The maximum absolute atomic E-state index is 11.1. The second-order valence-electron chi connectivity index (χ2n) is 4.32. The molecule has 0 saturated heterocycles. The highest BCUT2D eigenvalue weighted by Gasteiger charge is 2.12. The molecule has 2 rings (SSSR count). The molecule has 2 aromatic rings. The number of hydrogen-bond acceptors (Lipinski definition) is 4. The first-order valence-electron chi connectivity index (χ1n) is 6.14. The molecule has 0 aromatic heterocycles. The van der Waals surface area contributed by atoms with Crippen molar-refractivity contribution in [1.82, 2.24) is 0 Å². The molecule has 5 nitrogen and oxygen atoms in total. The zero-order valence-electron chi connectivity index (χ0n) is 11.3. The third-order valence-corrected chi connectivity index (χ3v) is 3.18. The van der Waals surface area contributed by atoms with E-state index in [9.17, 15) is 9.90 Å². The Labute approximate surface area is 126 Å². The Balaban J connectivity index is 2.25. The number of methoxy groups -OCH3 is 1. The van der Waals surface area contributed by atoms with Gasteiger partial charge in [-0.05, 0) is 18.2 Å². The highest BCUT2D eigenvalue weighted by Crippen LogP contribution is 2.33. The molecule has 0 atom stereocenters. The van der Waals surface area contributed by atoms with Crippen molar-refractivity contribution in [2.45, 2.75) is 6.54 Å². The number of halogens is 1. The molecule has 110 valence electrons. The molecule has 0 fully saturated rings. The maximum Gasteiger partial charge on any atom is 0.337 e. The standard InChI is InChI=1S/C15H14ClNO4/c1-21-13-7-10(16)6-9(14(13)18)8-17-12-5-3-2-4-11(12)15(19)20/h2-7,17-18H,8H2,1H3,(H,19,20). The number of hydrogen-bond donors (Lipinski definition) is 3. The maximum atomic E-state index is 11.1. The number of aromatic hydroxyl groups is 1. The molecule has 0 bridgehead atoms. The highest BCUT2D eigenvalue weighted by atomic mass is 35.5. The number of carboxylic acids is 1. The van der Waals surface area contributed by atoms with Gasteiger partial charge in [-0.2, -0.15) is 0 Å². The fourth-order valence-corrected chi connectivity index (χ4v) is 2.16. The second-order valence-corrected chi connectivity index (χ2v) is 4.76. The molecule has 0 radical (unpaired) electrons. The minimum absolute atomic E-state index is 0.0257. The van der Waals surface area contributed by atoms with Gasteiger partial charge < -0.3 is 20.3 Å². The van der Waals surface area contributed by atoms with Gasteiger partial charge in [-0.15, -0.1) is 0 Å². The largest absolute Gasteiger partial charge is 0.504 e. The van der Waals surface area contributed by atoms with Crippen molar-refractivity contribution in [2.75, 3.05) is 12.4 Å². The molecular weight excluding hydrogens is 294 g/mol. The number of aromatic carboxylic acids is 1. The third-order valence-electron chi connectivity index (χ3n) is 2.97. The summed E-state index contributed by atoms with van der Waals surface area (Å²) in [4.78, 5) is 11.1. The summed E-state index contributed by atoms with van der Waals surface area (Å²) in [6.07, 6.45) is 0. The van der Waals surface area contributed by atoms with E-state index in [1.165, 1.54) is 19.2 Å². The van der Waals surface area contributed by atoms with Crippen molar-refractivity contribution < 1.29 is 19.7 Å². The summed E-state index contributed by atoms with van der Waals surface area (Å²) in [7, 11) is 1.43. The number of anilines is 1. The van der Waals surface area contributed by atoms with E-state index in [1.54, 1.807) is 24.3 Å². The van der Waals surface area contributed by atoms with Crippen LogP contribution in [-0.2, 0) is 6.54 Å². The van der Waals surface area contributed by atoms with Crippen molar-refractivity contribution in [1.29, 1.82) is 0 Å². The first-order chi connectivity index (χ1) is 10.0. The van der Waals surface area contributed by atoms with Crippen LogP contribution >= 0.6 is 11.6 Å². The van der Waals surface area contributed by atoms with E-state index in [1.807, 2.05) is 0 Å². The van der Waals surface area contributed by atoms with Crippen LogP contribution in [0, 0.1) is 0 Å². The normalized spacial score (nSPS) is 10.2. The highest BCUT2D eigenvalue weighted by molar-refractivity contribution is 6.30. The van der Waals surface area contributed by atoms with Gasteiger partial charge in [-0.1, -0.05) is 23.7 Å². The molecule has 0 spiro atoms. The minimum atomic E-state index is -1.02. The van der Waals surface area contributed by atoms with E-state index in [2.05, 4.69) is 5.32 Å². The average Bonchev–Trinajstić information content (AvgIpc) is 2.47. The molecular formula is C15H14ClNO4. The smallest absolute Gasteiger partial charge is 0.337 e. The molecule has 21 heavy (non-hydrogen) atoms. The first kappa shape index (κ1) is 15.0. The van der Waals surface area contributed by atoms with Crippen LogP contribution in [0.15, 0.2) is 36.4 Å². The monoisotopic (exact) mass is 307 g/mol. The lowest BCUT2D eigenvalue weighted by Gasteiger charge is -2.13. The number of phenols is 1. The SMILES string of the molecule is COc1cc(Cl)cc(CNc2ccccc2C(=O)O)c1O. The van der Waals surface area contributed by atoms with Crippen LogP contribution in [-0.4, -0.2) is 23.3 Å². The zero-order valence-corrected chi connectivity index (χ0v) is 12.0. The molecule has 6 heteroatoms. The van der Waals surface area contributed by atoms with Gasteiger partial charge in [0.1, 0.15) is 0 Å². The van der Waals surface area contributed by atoms with Crippen molar-refractivity contribution in [3.63, 3.8) is 0 Å². The van der Waals surface area contributed by atoms with E-state index >= 15 is 0 Å². The number of phenolic OH excluding ortho intramolecular Hbond substituents is 1. The van der Waals surface area contributed by atoms with Gasteiger partial charge in [0.25, 0.3) is 0 Å². The molecule has 0 heterocycles. The Morgan fingerprint density at radius 3 is 2.71 bits per heavy atom. The Kier molecular flexibility index (Phi) is 4.55. The Hall–Kier alpha value is -2.40. The van der Waals surface area contributed by atoms with E-state index in [0.717, 1.165) is 0 Å². The van der Waals surface area contributed by atoms with Gasteiger partial charge in [0, 0.05) is 28.9 Å². The Morgan fingerprint density at radius 1 is 1.33 bits per heavy atom. The summed E-state index contributed by atoms with van der Waals surface area (Å²) < 4.78 is 5.02. The van der Waals surface area contributed by atoms with Gasteiger partial charge in [-0.3, -0.25) is 0 Å². The van der Waals surface area contributed by atoms with Crippen LogP contribution in [0.25, 0.3) is 0 Å². The van der Waals surface area contributed by atoms with Gasteiger partial charge in [0.2, 0.25) is 0 Å². The van der Waals surface area contributed by atoms with E-state index in [4.69, 9.17) is 21.4 Å². The fraction of sp³-hybridized carbons (Fsp3) is 0.133. The van der Waals surface area contributed by atoms with Crippen LogP contribution in [0.4, 0.5) is 5.69 Å². The van der Waals surface area contributed by atoms with E-state index in [-0.39, 0.29) is 23.6 Å². The molecule has 2 aromatic carbocycles. The topological polar surface area (TPSA) is 78.8 Å². The van der Waals surface area contributed by atoms with Crippen molar-refractivity contribution >= 4 is 23.3 Å². The lowest BCUT2D eigenvalue weighted by Crippen LogP contribution is -2.06. The van der Waals surface area contributed by atoms with Crippen LogP contribution in [0.2, 0.25) is 5.02 Å². The molecule has 0 aliphatic carbocycles. The number of benzene rings is 2. The lowest BCUT2D eigenvalue weighted by molar-refractivity contribution is 0.0698. The molecule has 0 saturated carbocycles. The van der Waals surface area contributed by atoms with Crippen LogP contribution in [0.1, 0.15) is 15.9 Å². The van der Waals surface area contributed by atoms with Gasteiger partial charge in [-0.25, -0.2) is 4.79 Å². The Morgan fingerprint density at radius 2 is 2.05 bits per heavy atom. The predicted molar refractivity (Wildman–Crippen MR) is 80.4 cm³/mol. The summed E-state index contributed by atoms with van der Waals surface area (Å²) in [5, 5.41) is 22.5. The minimum Gasteiger partial charge on any atom is -0.504 e. The number of para-hydroxylation sites is 1. The molecule has 0 aliphatic heterocycles. The molecule has 3 N–H and O–H groups in total. The van der Waals surface area contributed by atoms with Crippen molar-refractivity contribution in [3.05, 3.63) is 52.5 Å². The second kappa shape index (κ2) is 6.37. The summed E-state index contributed by atoms with van der Waals surface area (Å²) in [6, 6.07) is 9.63. The van der Waals surface area contributed by atoms with Crippen LogP contribution < -0.4 is 10.1 Å². The summed E-state index contributed by atoms with van der Waals surface area (Å²) >= 11 is 5.95. The van der Waals surface area contributed by atoms with Crippen LogP contribution in [0.5, 0.6) is 11.5 Å². The van der Waals surface area contributed by atoms with Gasteiger partial charge >= 0.3 is 5.97 Å². The fourth-order valence-electron chi connectivity index (χ4n) is 1.93. The molecule has 0 aliphatic rings. The summed E-state index contributed by atoms with van der Waals surface area (Å²) in [5.74, 6) is -0.779. The van der Waals surface area contributed by atoms with Gasteiger partial charge in [0.05, 0.1) is 12.7 Å². The third kappa shape index (κ3) is 3.38. The summed E-state index contributed by atoms with van der Waals surface area (Å²) in [6.45, 7) is 0.215. The van der Waals surface area contributed by atoms with Crippen LogP contribution in [0.3, 0.4) is 0 Å². The van der Waals surface area contributed by atoms with Gasteiger partial charge in [0.15, 0.2) is 11.5 Å². The number of carboxylic acid groups (broad SMARTS) is 1. The first-order valence-corrected chi connectivity index (χ1v) is 6.52. The number of rotatable bonds is 5. The average molecular weight is 308 g/mol. The zero-order chi connectivity index (χ0) is 15.4. The van der Waals surface area contributed by atoms with Crippen molar-refractivity contribution in [2.24, 2.45) is 0 Å². The van der Waals surface area contributed by atoms with E-state index in [0.29, 0.717) is 16.3 Å². The molecule has 0 unspecified atom stereocenters. The van der Waals surface area contributed by atoms with Crippen molar-refractivity contribution in [3.8, 4) is 11.5 Å². The predicted octanol–water partition coefficient (Wildman–Crippen LogP) is 3.36. The number of ether oxygens (including phenoxy) is 1. The number of nitrogens with one attached hydrogen (secondary N) is 1. The summed E-state index contributed by atoms with van der Waals surface area (Å²) in [5.41, 5.74) is 1.13. The number of carbonyl (C=O) groups is 1. The molecule has 0 amide bonds.